The largest absolute Gasteiger partial charge is 0.383 e. The quantitative estimate of drug-likeness (QED) is 0.573. The van der Waals surface area contributed by atoms with Crippen LogP contribution in [0.2, 0.25) is 0 Å². The highest BCUT2D eigenvalue weighted by atomic mass is 32.2. The zero-order valence-electron chi connectivity index (χ0n) is 18.1. The van der Waals surface area contributed by atoms with E-state index in [0.717, 1.165) is 28.4 Å². The maximum absolute atomic E-state index is 15.0. The third-order valence-corrected chi connectivity index (χ3v) is 6.39. The number of methoxy groups -OCH3 is 1. The molecule has 0 fully saturated rings. The Bertz CT molecular complexity index is 1080. The first kappa shape index (κ1) is 23.8. The Balaban J connectivity index is 1.80. The van der Waals surface area contributed by atoms with E-state index in [1.54, 1.807) is 26.4 Å². The summed E-state index contributed by atoms with van der Waals surface area (Å²) >= 11 is 0. The van der Waals surface area contributed by atoms with Crippen LogP contribution in [-0.4, -0.2) is 53.0 Å². The minimum Gasteiger partial charge on any atom is -0.383 e. The number of halogens is 2. The highest BCUT2D eigenvalue weighted by molar-refractivity contribution is 7.92. The molecule has 1 unspecified atom stereocenters. The van der Waals surface area contributed by atoms with Crippen molar-refractivity contribution >= 4 is 27.1 Å². The fraction of sp³-hybridized carbons (Fsp3) is 0.450. The lowest BCUT2D eigenvalue weighted by atomic mass is 10.1. The van der Waals surface area contributed by atoms with Crippen LogP contribution in [-0.2, 0) is 14.8 Å². The molecule has 1 N–H and O–H groups in total. The van der Waals surface area contributed by atoms with Gasteiger partial charge in [-0.1, -0.05) is 12.1 Å². The molecular formula is C20H26F2N6O3S. The van der Waals surface area contributed by atoms with Crippen molar-refractivity contribution in [1.82, 2.24) is 4.98 Å². The zero-order chi connectivity index (χ0) is 23.3. The first-order valence-electron chi connectivity index (χ1n) is 10.1. The third-order valence-electron chi connectivity index (χ3n) is 4.91. The van der Waals surface area contributed by atoms with Crippen LogP contribution in [0.15, 0.2) is 40.9 Å². The normalized spacial score (nSPS) is 15.9. The molecule has 0 amide bonds. The van der Waals surface area contributed by atoms with Gasteiger partial charge in [-0.05, 0) is 24.6 Å². The van der Waals surface area contributed by atoms with Gasteiger partial charge in [0.2, 0.25) is 10.0 Å². The van der Waals surface area contributed by atoms with Crippen LogP contribution in [0.1, 0.15) is 24.9 Å². The number of nitrogens with zero attached hydrogens (tertiary/aromatic N) is 5. The fourth-order valence-corrected chi connectivity index (χ4v) is 4.34. The van der Waals surface area contributed by atoms with Crippen LogP contribution < -0.4 is 14.6 Å². The van der Waals surface area contributed by atoms with Gasteiger partial charge in [0, 0.05) is 32.5 Å². The highest BCUT2D eigenvalue weighted by Crippen LogP contribution is 2.35. The van der Waals surface area contributed by atoms with Gasteiger partial charge in [0.25, 0.3) is 0 Å². The topological polar surface area (TPSA) is 99.5 Å². The summed E-state index contributed by atoms with van der Waals surface area (Å²) < 4.78 is 60.8. The number of hydrogen-bond donors (Lipinski definition) is 1. The van der Waals surface area contributed by atoms with Crippen molar-refractivity contribution in [3.05, 3.63) is 47.8 Å². The fourth-order valence-electron chi connectivity index (χ4n) is 3.21. The SMILES string of the molecule is CCCS(=O)(=O)Nc1ccc(F)c(N2CC(c3cncc(N(C)CCOC)c3)N=N2)c1F. The molecule has 32 heavy (non-hydrogen) atoms. The van der Waals surface area contributed by atoms with Gasteiger partial charge in [-0.25, -0.2) is 22.2 Å². The molecule has 1 aliphatic rings. The van der Waals surface area contributed by atoms with Gasteiger partial charge in [0.15, 0.2) is 11.6 Å². The van der Waals surface area contributed by atoms with Gasteiger partial charge in [-0.2, -0.15) is 5.11 Å². The van der Waals surface area contributed by atoms with E-state index in [4.69, 9.17) is 4.74 Å². The van der Waals surface area contributed by atoms with Crippen molar-refractivity contribution in [3.8, 4) is 0 Å². The van der Waals surface area contributed by atoms with E-state index in [2.05, 4.69) is 20.0 Å². The van der Waals surface area contributed by atoms with Crippen LogP contribution in [0.4, 0.5) is 25.8 Å². The van der Waals surface area contributed by atoms with E-state index < -0.39 is 33.4 Å². The number of hydrogen-bond acceptors (Lipinski definition) is 8. The van der Waals surface area contributed by atoms with Crippen LogP contribution in [0, 0.1) is 11.6 Å². The second kappa shape index (κ2) is 10.2. The second-order valence-corrected chi connectivity index (χ2v) is 9.21. The predicted octanol–water partition coefficient (Wildman–Crippen LogP) is 3.52. The second-order valence-electron chi connectivity index (χ2n) is 7.37. The highest BCUT2D eigenvalue weighted by Gasteiger charge is 2.29. The Morgan fingerprint density at radius 2 is 2.09 bits per heavy atom. The molecule has 2 heterocycles. The van der Waals surface area contributed by atoms with Gasteiger partial charge in [-0.3, -0.25) is 9.71 Å². The summed E-state index contributed by atoms with van der Waals surface area (Å²) in [6, 6.07) is 3.45. The number of nitrogens with one attached hydrogen (secondary N) is 1. The minimum absolute atomic E-state index is 0.0753. The maximum Gasteiger partial charge on any atom is 0.232 e. The van der Waals surface area contributed by atoms with Crippen LogP contribution in [0.5, 0.6) is 0 Å². The van der Waals surface area contributed by atoms with Gasteiger partial charge in [0.05, 0.1) is 36.5 Å². The van der Waals surface area contributed by atoms with Gasteiger partial charge in [-0.15, -0.1) is 0 Å². The summed E-state index contributed by atoms with van der Waals surface area (Å²) in [6.45, 7) is 2.98. The number of likely N-dealkylation sites (N-methyl/N-ethyl adjacent to an activating group) is 1. The molecule has 0 aliphatic carbocycles. The number of aromatic nitrogens is 1. The first-order valence-corrected chi connectivity index (χ1v) is 11.7. The van der Waals surface area contributed by atoms with E-state index in [1.165, 1.54) is 0 Å². The van der Waals surface area contributed by atoms with Crippen molar-refractivity contribution < 1.29 is 21.9 Å². The maximum atomic E-state index is 15.0. The first-order chi connectivity index (χ1) is 15.3. The lowest BCUT2D eigenvalue weighted by Gasteiger charge is -2.20. The number of pyridine rings is 1. The minimum atomic E-state index is -3.74. The van der Waals surface area contributed by atoms with Crippen molar-refractivity contribution in [2.75, 3.05) is 54.2 Å². The molecule has 0 bridgehead atoms. The Labute approximate surface area is 186 Å². The molecular weight excluding hydrogens is 442 g/mol. The summed E-state index contributed by atoms with van der Waals surface area (Å²) in [5.41, 5.74) is 0.780. The van der Waals surface area contributed by atoms with Gasteiger partial charge in [0.1, 0.15) is 11.7 Å². The average Bonchev–Trinajstić information content (AvgIpc) is 3.24. The average molecular weight is 469 g/mol. The lowest BCUT2D eigenvalue weighted by molar-refractivity contribution is 0.206. The van der Waals surface area contributed by atoms with Gasteiger partial charge < -0.3 is 9.64 Å². The molecule has 0 saturated carbocycles. The molecule has 1 aromatic carbocycles. The smallest absolute Gasteiger partial charge is 0.232 e. The predicted molar refractivity (Wildman–Crippen MR) is 118 cm³/mol. The summed E-state index contributed by atoms with van der Waals surface area (Å²) in [7, 11) is -0.217. The Kier molecular flexibility index (Phi) is 7.56. The van der Waals surface area contributed by atoms with Crippen molar-refractivity contribution in [3.63, 3.8) is 0 Å². The summed E-state index contributed by atoms with van der Waals surface area (Å²) in [5, 5.41) is 9.15. The molecule has 1 aromatic heterocycles. The summed E-state index contributed by atoms with van der Waals surface area (Å²) in [5.74, 6) is -2.09. The molecule has 1 atom stereocenters. The van der Waals surface area contributed by atoms with E-state index in [9.17, 15) is 12.8 Å². The van der Waals surface area contributed by atoms with Crippen molar-refractivity contribution in [1.29, 1.82) is 0 Å². The monoisotopic (exact) mass is 468 g/mol. The summed E-state index contributed by atoms with van der Waals surface area (Å²) in [4.78, 5) is 6.20. The summed E-state index contributed by atoms with van der Waals surface area (Å²) in [6.07, 6.45) is 3.69. The molecule has 0 radical (unpaired) electrons. The number of anilines is 3. The molecule has 174 valence electrons. The lowest BCUT2D eigenvalue weighted by Crippen LogP contribution is -2.23. The Morgan fingerprint density at radius 3 is 2.81 bits per heavy atom. The van der Waals surface area contributed by atoms with Crippen molar-refractivity contribution in [2.45, 2.75) is 19.4 Å². The van der Waals surface area contributed by atoms with E-state index >= 15 is 4.39 Å². The molecule has 0 spiro atoms. The van der Waals surface area contributed by atoms with Gasteiger partial charge >= 0.3 is 0 Å². The number of rotatable bonds is 10. The van der Waals surface area contributed by atoms with Crippen LogP contribution in [0.25, 0.3) is 0 Å². The van der Waals surface area contributed by atoms with Crippen molar-refractivity contribution in [2.24, 2.45) is 10.3 Å². The third kappa shape index (κ3) is 5.49. The number of benzene rings is 1. The molecule has 12 heteroatoms. The van der Waals surface area contributed by atoms with Crippen LogP contribution in [0.3, 0.4) is 0 Å². The van der Waals surface area contributed by atoms with E-state index in [-0.39, 0.29) is 18.0 Å². The molecule has 3 rings (SSSR count). The van der Waals surface area contributed by atoms with E-state index in [0.29, 0.717) is 19.6 Å². The zero-order valence-corrected chi connectivity index (χ0v) is 18.9. The number of ether oxygens (including phenoxy) is 1. The molecule has 1 aliphatic heterocycles. The standard InChI is InChI=1S/C20H26F2N6O3S/c1-4-9-32(29,30)25-17-6-5-16(21)20(19(17)22)28-13-18(24-26-28)14-10-15(12-23-11-14)27(2)7-8-31-3/h5-6,10-12,18,25H,4,7-9,13H2,1-3H3. The Hall–Kier alpha value is -2.86. The molecule has 0 saturated heterocycles. The number of sulfonamides is 1. The molecule has 2 aromatic rings. The van der Waals surface area contributed by atoms with E-state index in [1.807, 2.05) is 18.0 Å². The molecule has 9 nitrogen and oxygen atoms in total. The Morgan fingerprint density at radius 1 is 1.31 bits per heavy atom. The van der Waals surface area contributed by atoms with Crippen LogP contribution >= 0.6 is 0 Å².